The highest BCUT2D eigenvalue weighted by molar-refractivity contribution is 6.00. The highest BCUT2D eigenvalue weighted by Crippen LogP contribution is 2.15. The van der Waals surface area contributed by atoms with Crippen LogP contribution in [0, 0.1) is 5.41 Å². The van der Waals surface area contributed by atoms with Gasteiger partial charge in [0.15, 0.2) is 0 Å². The molecular weight excluding hydrogens is 258 g/mol. The molecular formula is C19H37NO. The minimum atomic E-state index is 0.517. The molecule has 0 aliphatic carbocycles. The van der Waals surface area contributed by atoms with Crippen molar-refractivity contribution in [1.29, 1.82) is 5.41 Å². The molecule has 0 bridgehead atoms. The van der Waals surface area contributed by atoms with E-state index in [0.29, 0.717) is 5.71 Å². The topological polar surface area (TPSA) is 40.9 Å². The summed E-state index contributed by atoms with van der Waals surface area (Å²) in [4.78, 5) is 10.7. The third kappa shape index (κ3) is 14.8. The third-order valence-electron chi connectivity index (χ3n) is 2.22. The molecule has 0 aromatic heterocycles. The van der Waals surface area contributed by atoms with E-state index in [-0.39, 0.29) is 0 Å². The van der Waals surface area contributed by atoms with Gasteiger partial charge < -0.3 is 5.41 Å². The molecule has 0 rings (SSSR count). The summed E-state index contributed by atoms with van der Waals surface area (Å²) in [5.41, 5.74) is 3.09. The molecule has 0 spiro atoms. The molecule has 0 saturated heterocycles. The summed E-state index contributed by atoms with van der Waals surface area (Å²) in [5, 5.41) is 7.62. The maximum Gasteiger partial charge on any atom is 0.146 e. The summed E-state index contributed by atoms with van der Waals surface area (Å²) in [6.07, 6.45) is 7.25. The smallest absolute Gasteiger partial charge is 0.146 e. The molecule has 0 aromatic rings. The number of carbonyl (C=O) groups is 1. The van der Waals surface area contributed by atoms with Gasteiger partial charge in [-0.25, -0.2) is 0 Å². The van der Waals surface area contributed by atoms with Crippen LogP contribution in [0.5, 0.6) is 0 Å². The maximum atomic E-state index is 10.7. The molecule has 124 valence electrons. The van der Waals surface area contributed by atoms with Crippen LogP contribution in [0.15, 0.2) is 34.9 Å². The monoisotopic (exact) mass is 295 g/mol. The molecule has 0 saturated carbocycles. The molecule has 0 atom stereocenters. The zero-order valence-corrected chi connectivity index (χ0v) is 15.9. The number of hydrogen-bond acceptors (Lipinski definition) is 2. The summed E-state index contributed by atoms with van der Waals surface area (Å²) in [6.45, 7) is 19.5. The molecule has 1 N–H and O–H groups in total. The normalized spacial score (nSPS) is 10.9. The Labute approximate surface area is 133 Å². The van der Waals surface area contributed by atoms with Crippen molar-refractivity contribution in [3.63, 3.8) is 0 Å². The van der Waals surface area contributed by atoms with Gasteiger partial charge in [-0.1, -0.05) is 60.6 Å². The lowest BCUT2D eigenvalue weighted by molar-refractivity contribution is -0.105. The number of nitrogens with one attached hydrogen (secondary N) is 1. The summed E-state index contributed by atoms with van der Waals surface area (Å²) < 4.78 is 0. The van der Waals surface area contributed by atoms with E-state index in [1.54, 1.807) is 6.92 Å². The van der Waals surface area contributed by atoms with Crippen LogP contribution < -0.4 is 0 Å². The Bertz CT molecular complexity index is 333. The second kappa shape index (κ2) is 23.6. The zero-order chi connectivity index (χ0) is 17.8. The molecule has 2 heteroatoms. The molecule has 0 aliphatic rings. The Kier molecular flexibility index (Phi) is 31.3. The Balaban J connectivity index is -0.000000212. The molecule has 0 heterocycles. The Morgan fingerprint density at radius 1 is 0.952 bits per heavy atom. The van der Waals surface area contributed by atoms with E-state index in [9.17, 15) is 4.79 Å². The van der Waals surface area contributed by atoms with Crippen LogP contribution in [0.1, 0.15) is 75.7 Å². The van der Waals surface area contributed by atoms with Crippen LogP contribution in [0.25, 0.3) is 0 Å². The number of rotatable bonds is 5. The Hall–Kier alpha value is -1.44. The van der Waals surface area contributed by atoms with Gasteiger partial charge in [0, 0.05) is 5.71 Å². The van der Waals surface area contributed by atoms with Gasteiger partial charge in [-0.3, -0.25) is 4.79 Å². The number of aldehydes is 1. The Morgan fingerprint density at radius 3 is 1.57 bits per heavy atom. The fraction of sp³-hybridized carbons (Fsp3) is 0.579. The van der Waals surface area contributed by atoms with E-state index in [2.05, 4.69) is 0 Å². The van der Waals surface area contributed by atoms with E-state index in [4.69, 9.17) is 5.41 Å². The predicted molar refractivity (Wildman–Crippen MR) is 99.4 cm³/mol. The summed E-state index contributed by atoms with van der Waals surface area (Å²) >= 11 is 0. The summed E-state index contributed by atoms with van der Waals surface area (Å²) in [7, 11) is 0. The number of allylic oxidation sites excluding steroid dienone is 6. The van der Waals surface area contributed by atoms with E-state index in [1.165, 1.54) is 0 Å². The summed E-state index contributed by atoms with van der Waals surface area (Å²) in [6, 6.07) is 0. The van der Waals surface area contributed by atoms with Gasteiger partial charge in [0.2, 0.25) is 0 Å². The van der Waals surface area contributed by atoms with Crippen molar-refractivity contribution in [2.24, 2.45) is 0 Å². The SMILES string of the molecule is C/C=C(C(C)=N)/C(/C=C(/C=O)CC)=C/C.CC.CC.CC. The van der Waals surface area contributed by atoms with Crippen molar-refractivity contribution in [2.75, 3.05) is 0 Å². The quantitative estimate of drug-likeness (QED) is 0.266. The molecule has 21 heavy (non-hydrogen) atoms. The lowest BCUT2D eigenvalue weighted by Crippen LogP contribution is -1.98. The van der Waals surface area contributed by atoms with Crippen molar-refractivity contribution in [1.82, 2.24) is 0 Å². The largest absolute Gasteiger partial charge is 0.305 e. The van der Waals surface area contributed by atoms with Crippen molar-refractivity contribution in [3.8, 4) is 0 Å². The van der Waals surface area contributed by atoms with E-state index in [0.717, 1.165) is 29.4 Å². The van der Waals surface area contributed by atoms with Crippen LogP contribution in [-0.4, -0.2) is 12.0 Å². The minimum absolute atomic E-state index is 0.517. The molecule has 0 aromatic carbocycles. The second-order valence-electron chi connectivity index (χ2n) is 3.26. The van der Waals surface area contributed by atoms with Crippen molar-refractivity contribution in [2.45, 2.75) is 75.7 Å². The second-order valence-corrected chi connectivity index (χ2v) is 3.26. The van der Waals surface area contributed by atoms with Crippen molar-refractivity contribution >= 4 is 12.0 Å². The standard InChI is InChI=1S/C13H19NO.3C2H6/c1-5-11(9-15)8-12(6-2)13(7-3)10(4)14;3*1-2/h6-9,14H,5H2,1-4H3;3*1-2H3/b11-8+,12-6+,13-7+,14-10?;;;. The van der Waals surface area contributed by atoms with E-state index >= 15 is 0 Å². The van der Waals surface area contributed by atoms with Gasteiger partial charge in [-0.2, -0.15) is 0 Å². The van der Waals surface area contributed by atoms with Gasteiger partial charge >= 0.3 is 0 Å². The van der Waals surface area contributed by atoms with Crippen LogP contribution in [-0.2, 0) is 4.79 Å². The van der Waals surface area contributed by atoms with Gasteiger partial charge in [0.05, 0.1) is 0 Å². The van der Waals surface area contributed by atoms with Gasteiger partial charge in [-0.15, -0.1) is 0 Å². The van der Waals surface area contributed by atoms with Crippen LogP contribution in [0.4, 0.5) is 0 Å². The fourth-order valence-electron chi connectivity index (χ4n) is 1.34. The molecule has 0 fully saturated rings. The molecule has 2 nitrogen and oxygen atoms in total. The average Bonchev–Trinajstić information content (AvgIpc) is 2.56. The predicted octanol–water partition coefficient (Wildman–Crippen LogP) is 6.53. The van der Waals surface area contributed by atoms with Crippen LogP contribution in [0.2, 0.25) is 0 Å². The van der Waals surface area contributed by atoms with Gasteiger partial charge in [-0.05, 0) is 50.0 Å². The molecule has 0 unspecified atom stereocenters. The van der Waals surface area contributed by atoms with Crippen molar-refractivity contribution < 1.29 is 4.79 Å². The lowest BCUT2D eigenvalue weighted by atomic mass is 9.99. The highest BCUT2D eigenvalue weighted by Gasteiger charge is 2.04. The van der Waals surface area contributed by atoms with Crippen molar-refractivity contribution in [3.05, 3.63) is 34.9 Å². The number of hydrogen-bond donors (Lipinski definition) is 1. The van der Waals surface area contributed by atoms with Crippen LogP contribution >= 0.6 is 0 Å². The number of carbonyl (C=O) groups excluding carboxylic acids is 1. The first-order chi connectivity index (χ1) is 10.1. The van der Waals surface area contributed by atoms with E-state index in [1.807, 2.05) is 80.5 Å². The molecule has 0 radical (unpaired) electrons. The summed E-state index contributed by atoms with van der Waals surface area (Å²) in [5.74, 6) is 0. The average molecular weight is 296 g/mol. The van der Waals surface area contributed by atoms with Gasteiger partial charge in [0.1, 0.15) is 6.29 Å². The molecule has 0 amide bonds. The highest BCUT2D eigenvalue weighted by atomic mass is 16.1. The first-order valence-electron chi connectivity index (χ1n) is 8.14. The maximum absolute atomic E-state index is 10.7. The minimum Gasteiger partial charge on any atom is -0.305 e. The molecule has 0 aliphatic heterocycles. The van der Waals surface area contributed by atoms with Crippen LogP contribution in [0.3, 0.4) is 0 Å². The lowest BCUT2D eigenvalue weighted by Gasteiger charge is -2.07. The fourth-order valence-corrected chi connectivity index (χ4v) is 1.34. The van der Waals surface area contributed by atoms with Gasteiger partial charge in [0.25, 0.3) is 0 Å². The first-order valence-corrected chi connectivity index (χ1v) is 8.14. The zero-order valence-electron chi connectivity index (χ0n) is 15.9. The third-order valence-corrected chi connectivity index (χ3v) is 2.22. The van der Waals surface area contributed by atoms with E-state index < -0.39 is 0 Å². The first kappa shape index (κ1) is 27.8. The Morgan fingerprint density at radius 2 is 1.38 bits per heavy atom.